The van der Waals surface area contributed by atoms with Crippen molar-refractivity contribution >= 4 is 38.8 Å². The van der Waals surface area contributed by atoms with Crippen LogP contribution in [0.15, 0.2) is 26.8 Å². The molecule has 4 heterocycles. The molecular weight excluding hydrogens is 474 g/mol. The molecule has 1 amide bonds. The third-order valence-electron chi connectivity index (χ3n) is 5.14. The summed E-state index contributed by atoms with van der Waals surface area (Å²) in [5.74, 6) is 1.26. The third kappa shape index (κ3) is 5.43. The molecule has 34 heavy (non-hydrogen) atoms. The maximum atomic E-state index is 12.8. The molecular formula is C23H27N5O4S2. The van der Waals surface area contributed by atoms with Crippen LogP contribution in [0.4, 0.5) is 0 Å². The minimum Gasteiger partial charge on any atom is -0.370 e. The predicted octanol–water partition coefficient (Wildman–Crippen LogP) is 4.34. The summed E-state index contributed by atoms with van der Waals surface area (Å²) in [6.45, 7) is 8.77. The van der Waals surface area contributed by atoms with Gasteiger partial charge in [0.05, 0.1) is 18.4 Å². The summed E-state index contributed by atoms with van der Waals surface area (Å²) in [4.78, 5) is 41.5. The quantitative estimate of drug-likeness (QED) is 0.363. The molecule has 0 spiro atoms. The average molecular weight is 502 g/mol. The Morgan fingerprint density at radius 3 is 2.76 bits per heavy atom. The Kier molecular flexibility index (Phi) is 7.24. The van der Waals surface area contributed by atoms with Gasteiger partial charge in [-0.25, -0.2) is 4.98 Å². The number of ether oxygens (including phenoxy) is 1. The topological polar surface area (TPSA) is 114 Å². The van der Waals surface area contributed by atoms with Gasteiger partial charge >= 0.3 is 0 Å². The Morgan fingerprint density at radius 1 is 1.26 bits per heavy atom. The van der Waals surface area contributed by atoms with Crippen LogP contribution in [0.3, 0.4) is 0 Å². The summed E-state index contributed by atoms with van der Waals surface area (Å²) in [5.41, 5.74) is 0.635. The molecule has 0 aliphatic carbocycles. The number of likely N-dealkylation sites (N-methyl/N-ethyl adjacent to an activating group) is 1. The number of carbonyl (C=O) groups excluding carboxylic acids is 1. The Morgan fingerprint density at radius 2 is 2.06 bits per heavy atom. The van der Waals surface area contributed by atoms with Gasteiger partial charge in [0.2, 0.25) is 11.8 Å². The highest BCUT2D eigenvalue weighted by Crippen LogP contribution is 2.35. The fourth-order valence-electron chi connectivity index (χ4n) is 3.32. The molecule has 0 fully saturated rings. The highest BCUT2D eigenvalue weighted by Gasteiger charge is 2.20. The normalized spacial score (nSPS) is 12.5. The standard InChI is InChI=1S/C23H27N5O4S2/c1-12(2)10-31-14(4)21-26-18(32-27-21)9-28(5)19(29)8-17-24-22(30)20-15(11-33-23(20)25-17)16-7-6-13(3)34-16/h6-7,11-12,14H,8-10H2,1-5H3,(H,24,25,30). The van der Waals surface area contributed by atoms with Gasteiger partial charge in [-0.3, -0.25) is 9.59 Å². The maximum absolute atomic E-state index is 12.8. The molecule has 0 saturated carbocycles. The molecule has 0 saturated heterocycles. The zero-order chi connectivity index (χ0) is 24.4. The second-order valence-corrected chi connectivity index (χ2v) is 10.7. The summed E-state index contributed by atoms with van der Waals surface area (Å²) in [6, 6.07) is 4.03. The Bertz CT molecular complexity index is 1350. The maximum Gasteiger partial charge on any atom is 0.260 e. The van der Waals surface area contributed by atoms with E-state index in [0.29, 0.717) is 40.3 Å². The highest BCUT2D eigenvalue weighted by atomic mass is 32.1. The molecule has 4 aromatic heterocycles. The largest absolute Gasteiger partial charge is 0.370 e. The van der Waals surface area contributed by atoms with Gasteiger partial charge in [-0.15, -0.1) is 22.7 Å². The van der Waals surface area contributed by atoms with Crippen molar-refractivity contribution in [1.29, 1.82) is 0 Å². The van der Waals surface area contributed by atoms with Crippen LogP contribution in [0, 0.1) is 12.8 Å². The van der Waals surface area contributed by atoms with E-state index >= 15 is 0 Å². The molecule has 0 bridgehead atoms. The molecule has 1 atom stereocenters. The average Bonchev–Trinajstić information content (AvgIpc) is 3.51. The fraction of sp³-hybridized carbons (Fsp3) is 0.435. The van der Waals surface area contributed by atoms with E-state index in [4.69, 9.17) is 9.26 Å². The Labute approximate surface area is 204 Å². The second kappa shape index (κ2) is 10.2. The van der Waals surface area contributed by atoms with Gasteiger partial charge in [-0.2, -0.15) is 4.98 Å². The van der Waals surface area contributed by atoms with Gasteiger partial charge in [-0.1, -0.05) is 19.0 Å². The van der Waals surface area contributed by atoms with E-state index in [1.807, 2.05) is 31.4 Å². The minimum atomic E-state index is -0.296. The lowest BCUT2D eigenvalue weighted by atomic mass is 10.2. The predicted molar refractivity (Wildman–Crippen MR) is 132 cm³/mol. The number of nitrogens with zero attached hydrogens (tertiary/aromatic N) is 4. The van der Waals surface area contributed by atoms with Crippen molar-refractivity contribution in [2.75, 3.05) is 13.7 Å². The zero-order valence-electron chi connectivity index (χ0n) is 19.7. The first-order valence-corrected chi connectivity index (χ1v) is 12.7. The lowest BCUT2D eigenvalue weighted by molar-refractivity contribution is -0.130. The number of aryl methyl sites for hydroxylation is 1. The minimum absolute atomic E-state index is 0.0398. The SMILES string of the molecule is Cc1ccc(-c2csc3nc(CC(=O)N(C)Cc4nc(C(C)OCC(C)C)no4)[nH]c(=O)c23)s1. The van der Waals surface area contributed by atoms with E-state index in [2.05, 4.69) is 34.0 Å². The van der Waals surface area contributed by atoms with Crippen molar-refractivity contribution in [2.24, 2.45) is 5.92 Å². The first-order valence-electron chi connectivity index (χ1n) is 11.0. The van der Waals surface area contributed by atoms with Gasteiger partial charge in [0.1, 0.15) is 16.8 Å². The van der Waals surface area contributed by atoms with Crippen molar-refractivity contribution in [2.45, 2.75) is 46.8 Å². The van der Waals surface area contributed by atoms with Crippen molar-refractivity contribution < 1.29 is 14.1 Å². The van der Waals surface area contributed by atoms with Crippen LogP contribution in [-0.4, -0.2) is 44.6 Å². The highest BCUT2D eigenvalue weighted by molar-refractivity contribution is 7.19. The Balaban J connectivity index is 1.42. The van der Waals surface area contributed by atoms with E-state index in [-0.39, 0.29) is 30.5 Å². The Hall–Kier alpha value is -2.89. The number of nitrogens with one attached hydrogen (secondary N) is 1. The molecule has 1 N–H and O–H groups in total. The van der Waals surface area contributed by atoms with Gasteiger partial charge in [0.25, 0.3) is 5.56 Å². The van der Waals surface area contributed by atoms with Gasteiger partial charge in [-0.05, 0) is 31.9 Å². The van der Waals surface area contributed by atoms with Crippen LogP contribution in [0.1, 0.15) is 49.3 Å². The number of hydrogen-bond donors (Lipinski definition) is 1. The van der Waals surface area contributed by atoms with Gasteiger partial charge in [0.15, 0.2) is 5.82 Å². The van der Waals surface area contributed by atoms with Gasteiger partial charge < -0.3 is 19.1 Å². The molecule has 4 rings (SSSR count). The number of carbonyl (C=O) groups is 1. The smallest absolute Gasteiger partial charge is 0.260 e. The molecule has 0 aliphatic rings. The lowest BCUT2D eigenvalue weighted by Gasteiger charge is -2.14. The first-order chi connectivity index (χ1) is 16.2. The van der Waals surface area contributed by atoms with E-state index in [1.54, 1.807) is 18.4 Å². The number of fused-ring (bicyclic) bond motifs is 1. The summed E-state index contributed by atoms with van der Waals surface area (Å²) < 4.78 is 11.0. The molecule has 0 radical (unpaired) electrons. The number of aromatic nitrogens is 4. The summed E-state index contributed by atoms with van der Waals surface area (Å²) in [5, 5.41) is 6.46. The van der Waals surface area contributed by atoms with Crippen LogP contribution in [0.5, 0.6) is 0 Å². The zero-order valence-corrected chi connectivity index (χ0v) is 21.4. The van der Waals surface area contributed by atoms with Crippen LogP contribution in [0.2, 0.25) is 0 Å². The molecule has 1 unspecified atom stereocenters. The molecule has 0 aromatic carbocycles. The van der Waals surface area contributed by atoms with Crippen molar-refractivity contribution in [3.63, 3.8) is 0 Å². The lowest BCUT2D eigenvalue weighted by Crippen LogP contribution is -2.29. The third-order valence-corrected chi connectivity index (χ3v) is 7.05. The molecule has 9 nitrogen and oxygen atoms in total. The number of amides is 1. The number of rotatable bonds is 9. The van der Waals surface area contributed by atoms with E-state index in [1.165, 1.54) is 21.1 Å². The number of H-pyrrole nitrogens is 1. The van der Waals surface area contributed by atoms with E-state index in [0.717, 1.165) is 10.4 Å². The molecule has 4 aromatic rings. The van der Waals surface area contributed by atoms with Crippen LogP contribution in [0.25, 0.3) is 20.7 Å². The van der Waals surface area contributed by atoms with Crippen molar-refractivity contribution in [3.8, 4) is 10.4 Å². The summed E-state index contributed by atoms with van der Waals surface area (Å²) in [6.07, 6.45) is -0.335. The van der Waals surface area contributed by atoms with E-state index < -0.39 is 0 Å². The van der Waals surface area contributed by atoms with Crippen molar-refractivity contribution in [1.82, 2.24) is 25.0 Å². The molecule has 11 heteroatoms. The van der Waals surface area contributed by atoms with Gasteiger partial charge in [0, 0.05) is 34.4 Å². The van der Waals surface area contributed by atoms with Crippen LogP contribution < -0.4 is 5.56 Å². The molecule has 0 aliphatic heterocycles. The summed E-state index contributed by atoms with van der Waals surface area (Å²) in [7, 11) is 1.64. The number of aromatic amines is 1. The first kappa shape index (κ1) is 24.2. The van der Waals surface area contributed by atoms with Crippen molar-refractivity contribution in [3.05, 3.63) is 50.3 Å². The second-order valence-electron chi connectivity index (χ2n) is 8.59. The number of hydrogen-bond acceptors (Lipinski definition) is 9. The van der Waals surface area contributed by atoms with Crippen LogP contribution in [-0.2, 0) is 22.5 Å². The monoisotopic (exact) mass is 501 g/mol. The number of thiophene rings is 2. The van der Waals surface area contributed by atoms with Crippen LogP contribution >= 0.6 is 22.7 Å². The van der Waals surface area contributed by atoms with E-state index in [9.17, 15) is 9.59 Å². The fourth-order valence-corrected chi connectivity index (χ4v) is 5.24. The summed E-state index contributed by atoms with van der Waals surface area (Å²) >= 11 is 3.03. The molecule has 180 valence electrons.